The second kappa shape index (κ2) is 8.90. The standard InChI is InChI=1S/C22H26N4O2S/c27-29(28,21-11-4-7-19-8-5-12-23-22(19)21)24-13-6-14-25-15-17-26(18-16-25)20-9-2-1-3-10-20/h1-5,7-12,24H,6,13-18H2. The third-order valence-electron chi connectivity index (χ3n) is 5.32. The van der Waals surface area contributed by atoms with E-state index in [0.29, 0.717) is 12.1 Å². The minimum Gasteiger partial charge on any atom is -0.369 e. The molecule has 0 spiro atoms. The molecule has 0 bridgehead atoms. The van der Waals surface area contributed by atoms with Gasteiger partial charge in [-0.2, -0.15) is 0 Å². The molecule has 6 nitrogen and oxygen atoms in total. The number of nitrogens with one attached hydrogen (secondary N) is 1. The first-order valence-corrected chi connectivity index (χ1v) is 11.5. The number of pyridine rings is 1. The van der Waals surface area contributed by atoms with Crippen LogP contribution >= 0.6 is 0 Å². The van der Waals surface area contributed by atoms with Gasteiger partial charge in [-0.25, -0.2) is 13.1 Å². The van der Waals surface area contributed by atoms with Gasteiger partial charge in [0.05, 0.1) is 5.52 Å². The van der Waals surface area contributed by atoms with E-state index in [2.05, 4.69) is 43.8 Å². The summed E-state index contributed by atoms with van der Waals surface area (Å²) in [5.74, 6) is 0. The summed E-state index contributed by atoms with van der Waals surface area (Å²) in [6.45, 7) is 5.29. The van der Waals surface area contributed by atoms with Crippen LogP contribution < -0.4 is 9.62 Å². The summed E-state index contributed by atoms with van der Waals surface area (Å²) in [5.41, 5.74) is 1.78. The van der Waals surface area contributed by atoms with E-state index in [1.807, 2.05) is 24.3 Å². The van der Waals surface area contributed by atoms with Gasteiger partial charge >= 0.3 is 0 Å². The van der Waals surface area contributed by atoms with E-state index >= 15 is 0 Å². The van der Waals surface area contributed by atoms with Crippen LogP contribution in [0.2, 0.25) is 0 Å². The van der Waals surface area contributed by atoms with E-state index in [9.17, 15) is 8.42 Å². The topological polar surface area (TPSA) is 65.5 Å². The van der Waals surface area contributed by atoms with Crippen LogP contribution in [0.5, 0.6) is 0 Å². The molecule has 1 aliphatic heterocycles. The number of sulfonamides is 1. The average Bonchev–Trinajstić information content (AvgIpc) is 2.77. The first-order chi connectivity index (χ1) is 14.1. The van der Waals surface area contributed by atoms with Crippen LogP contribution in [0.25, 0.3) is 10.9 Å². The maximum absolute atomic E-state index is 12.7. The zero-order chi connectivity index (χ0) is 20.1. The van der Waals surface area contributed by atoms with E-state index < -0.39 is 10.0 Å². The number of rotatable bonds is 7. The van der Waals surface area contributed by atoms with Gasteiger partial charge in [0.2, 0.25) is 10.0 Å². The summed E-state index contributed by atoms with van der Waals surface area (Å²) in [6.07, 6.45) is 2.40. The van der Waals surface area contributed by atoms with E-state index in [1.54, 1.807) is 18.3 Å². The Morgan fingerprint density at radius 3 is 2.45 bits per heavy atom. The third kappa shape index (κ3) is 4.75. The fourth-order valence-electron chi connectivity index (χ4n) is 3.75. The predicted octanol–water partition coefficient (Wildman–Crippen LogP) is 2.73. The molecule has 0 atom stereocenters. The largest absolute Gasteiger partial charge is 0.369 e. The first kappa shape index (κ1) is 19.8. The van der Waals surface area contributed by atoms with Crippen molar-refractivity contribution >= 4 is 26.6 Å². The lowest BCUT2D eigenvalue weighted by atomic mass is 10.2. The second-order valence-corrected chi connectivity index (χ2v) is 8.98. The lowest BCUT2D eigenvalue weighted by Gasteiger charge is -2.36. The van der Waals surface area contributed by atoms with Crippen LogP contribution in [0.15, 0.2) is 71.8 Å². The molecule has 1 aliphatic rings. The zero-order valence-electron chi connectivity index (χ0n) is 16.4. The van der Waals surface area contributed by atoms with Crippen molar-refractivity contribution in [3.63, 3.8) is 0 Å². The van der Waals surface area contributed by atoms with Gasteiger partial charge in [0.1, 0.15) is 4.90 Å². The van der Waals surface area contributed by atoms with Crippen molar-refractivity contribution in [2.45, 2.75) is 11.3 Å². The van der Waals surface area contributed by atoms with Crippen LogP contribution in [0.4, 0.5) is 5.69 Å². The number of nitrogens with zero attached hydrogens (tertiary/aromatic N) is 3. The molecule has 0 amide bonds. The number of anilines is 1. The summed E-state index contributed by atoms with van der Waals surface area (Å²) < 4.78 is 28.2. The molecule has 2 aromatic carbocycles. The number of hydrogen-bond donors (Lipinski definition) is 1. The Morgan fingerprint density at radius 2 is 1.66 bits per heavy atom. The van der Waals surface area contributed by atoms with Gasteiger partial charge in [-0.1, -0.05) is 36.4 Å². The number of hydrogen-bond acceptors (Lipinski definition) is 5. The maximum Gasteiger partial charge on any atom is 0.242 e. The van der Waals surface area contributed by atoms with E-state index in [-0.39, 0.29) is 4.90 Å². The molecule has 152 valence electrons. The molecular weight excluding hydrogens is 384 g/mol. The molecule has 1 N–H and O–H groups in total. The molecule has 0 unspecified atom stereocenters. The number of fused-ring (bicyclic) bond motifs is 1. The SMILES string of the molecule is O=S(=O)(NCCCN1CCN(c2ccccc2)CC1)c1cccc2cccnc12. The fourth-order valence-corrected chi connectivity index (χ4v) is 5.00. The highest BCUT2D eigenvalue weighted by Crippen LogP contribution is 2.20. The highest BCUT2D eigenvalue weighted by molar-refractivity contribution is 7.89. The Kier molecular flexibility index (Phi) is 6.08. The predicted molar refractivity (Wildman–Crippen MR) is 117 cm³/mol. The summed E-state index contributed by atoms with van der Waals surface area (Å²) in [6, 6.07) is 19.4. The Bertz CT molecular complexity index is 1040. The normalized spacial score (nSPS) is 15.7. The Hall–Kier alpha value is -2.48. The molecule has 0 radical (unpaired) electrons. The molecular formula is C22H26N4O2S. The van der Waals surface area contributed by atoms with Crippen molar-refractivity contribution in [1.82, 2.24) is 14.6 Å². The van der Waals surface area contributed by atoms with Gasteiger partial charge in [0.15, 0.2) is 0 Å². The zero-order valence-corrected chi connectivity index (χ0v) is 17.2. The minimum absolute atomic E-state index is 0.243. The fraction of sp³-hybridized carbons (Fsp3) is 0.318. The third-order valence-corrected chi connectivity index (χ3v) is 6.81. The summed E-state index contributed by atoms with van der Waals surface area (Å²) >= 11 is 0. The van der Waals surface area contributed by atoms with Gasteiger partial charge in [-0.3, -0.25) is 9.88 Å². The lowest BCUT2D eigenvalue weighted by molar-refractivity contribution is 0.255. The van der Waals surface area contributed by atoms with Crippen molar-refractivity contribution in [3.8, 4) is 0 Å². The van der Waals surface area contributed by atoms with Crippen molar-refractivity contribution < 1.29 is 8.42 Å². The van der Waals surface area contributed by atoms with Gasteiger partial charge < -0.3 is 4.90 Å². The monoisotopic (exact) mass is 410 g/mol. The number of para-hydroxylation sites is 2. The molecule has 0 aliphatic carbocycles. The molecule has 0 saturated carbocycles. The van der Waals surface area contributed by atoms with Crippen LogP contribution in [0, 0.1) is 0 Å². The van der Waals surface area contributed by atoms with E-state index in [4.69, 9.17) is 0 Å². The van der Waals surface area contributed by atoms with Crippen molar-refractivity contribution in [3.05, 3.63) is 66.9 Å². The van der Waals surface area contributed by atoms with Gasteiger partial charge in [-0.05, 0) is 37.2 Å². The smallest absolute Gasteiger partial charge is 0.242 e. The van der Waals surface area contributed by atoms with E-state index in [0.717, 1.165) is 44.5 Å². The molecule has 29 heavy (non-hydrogen) atoms. The molecule has 7 heteroatoms. The maximum atomic E-state index is 12.7. The van der Waals surface area contributed by atoms with Crippen LogP contribution in [-0.2, 0) is 10.0 Å². The van der Waals surface area contributed by atoms with Crippen molar-refractivity contribution in [2.24, 2.45) is 0 Å². The number of piperazine rings is 1. The first-order valence-electron chi connectivity index (χ1n) is 9.99. The van der Waals surface area contributed by atoms with Crippen molar-refractivity contribution in [1.29, 1.82) is 0 Å². The minimum atomic E-state index is -3.57. The summed E-state index contributed by atoms with van der Waals surface area (Å²) in [7, 11) is -3.57. The Labute approximate surface area is 172 Å². The lowest BCUT2D eigenvalue weighted by Crippen LogP contribution is -2.47. The number of aromatic nitrogens is 1. The molecule has 4 rings (SSSR count). The van der Waals surface area contributed by atoms with Crippen LogP contribution in [0.3, 0.4) is 0 Å². The number of benzene rings is 2. The summed E-state index contributed by atoms with van der Waals surface area (Å²) in [4.78, 5) is 9.28. The second-order valence-electron chi connectivity index (χ2n) is 7.25. The summed E-state index contributed by atoms with van der Waals surface area (Å²) in [5, 5.41) is 0.826. The average molecular weight is 411 g/mol. The highest BCUT2D eigenvalue weighted by atomic mass is 32.2. The van der Waals surface area contributed by atoms with Crippen molar-refractivity contribution in [2.75, 3.05) is 44.2 Å². The van der Waals surface area contributed by atoms with Crippen LogP contribution in [-0.4, -0.2) is 57.6 Å². The van der Waals surface area contributed by atoms with Gasteiger partial charge in [0.25, 0.3) is 0 Å². The molecule has 1 aromatic heterocycles. The van der Waals surface area contributed by atoms with Gasteiger partial charge in [-0.15, -0.1) is 0 Å². The molecule has 2 heterocycles. The highest BCUT2D eigenvalue weighted by Gasteiger charge is 2.19. The van der Waals surface area contributed by atoms with Gasteiger partial charge in [0, 0.05) is 50.0 Å². The van der Waals surface area contributed by atoms with Crippen LogP contribution in [0.1, 0.15) is 6.42 Å². The van der Waals surface area contributed by atoms with E-state index in [1.165, 1.54) is 5.69 Å². The Morgan fingerprint density at radius 1 is 0.897 bits per heavy atom. The molecule has 3 aromatic rings. The quantitative estimate of drug-likeness (QED) is 0.607. The molecule has 1 saturated heterocycles. The Balaban J connectivity index is 1.26. The molecule has 1 fully saturated rings.